The Morgan fingerprint density at radius 3 is 2.35 bits per heavy atom. The summed E-state index contributed by atoms with van der Waals surface area (Å²) < 4.78 is 37.2. The van der Waals surface area contributed by atoms with E-state index in [1.54, 1.807) is 13.8 Å². The number of alkyl carbamates (subject to hydrolysis) is 1. The molecule has 0 radical (unpaired) electrons. The summed E-state index contributed by atoms with van der Waals surface area (Å²) in [5, 5.41) is 6.44. The lowest BCUT2D eigenvalue weighted by Crippen LogP contribution is -2.50. The number of rotatable bonds is 5. The maximum absolute atomic E-state index is 12.8. The van der Waals surface area contributed by atoms with E-state index in [4.69, 9.17) is 9.26 Å². The minimum atomic E-state index is -3.60. The van der Waals surface area contributed by atoms with Crippen LogP contribution in [0.25, 0.3) is 0 Å². The number of amides is 1. The summed E-state index contributed by atoms with van der Waals surface area (Å²) in [5.41, 5.74) is -0.145. The lowest BCUT2D eigenvalue weighted by Gasteiger charge is -2.33. The Balaban J connectivity index is 1.81. The van der Waals surface area contributed by atoms with Crippen molar-refractivity contribution in [2.75, 3.05) is 39.3 Å². The zero-order valence-corrected chi connectivity index (χ0v) is 16.9. The van der Waals surface area contributed by atoms with E-state index in [9.17, 15) is 13.2 Å². The van der Waals surface area contributed by atoms with Crippen LogP contribution in [0.1, 0.15) is 32.2 Å². The molecule has 26 heavy (non-hydrogen) atoms. The summed E-state index contributed by atoms with van der Waals surface area (Å²) in [6.07, 6.45) is -0.447. The second-order valence-corrected chi connectivity index (χ2v) is 9.20. The number of carbonyl (C=O) groups excluding carboxylic acids is 1. The van der Waals surface area contributed by atoms with Crippen molar-refractivity contribution in [3.8, 4) is 0 Å². The molecule has 0 aromatic carbocycles. The molecular formula is C16H28N4O5S. The van der Waals surface area contributed by atoms with Crippen LogP contribution >= 0.6 is 0 Å². The van der Waals surface area contributed by atoms with Gasteiger partial charge in [0.05, 0.1) is 0 Å². The lowest BCUT2D eigenvalue weighted by molar-refractivity contribution is 0.0520. The second kappa shape index (κ2) is 7.93. The quantitative estimate of drug-likeness (QED) is 0.806. The number of aryl methyl sites for hydroxylation is 2. The van der Waals surface area contributed by atoms with Gasteiger partial charge < -0.3 is 14.6 Å². The fraction of sp³-hybridized carbons (Fsp3) is 0.750. The van der Waals surface area contributed by atoms with E-state index in [0.717, 1.165) is 0 Å². The highest BCUT2D eigenvalue weighted by molar-refractivity contribution is 7.89. The van der Waals surface area contributed by atoms with Gasteiger partial charge in [-0.15, -0.1) is 0 Å². The highest BCUT2D eigenvalue weighted by atomic mass is 32.2. The molecule has 148 valence electrons. The van der Waals surface area contributed by atoms with Crippen molar-refractivity contribution < 1.29 is 22.5 Å². The Hall–Kier alpha value is -1.65. The first-order valence-corrected chi connectivity index (χ1v) is 10.1. The largest absolute Gasteiger partial charge is 0.444 e. The average molecular weight is 388 g/mol. The van der Waals surface area contributed by atoms with Gasteiger partial charge in [-0.05, 0) is 34.6 Å². The number of hydrogen-bond donors (Lipinski definition) is 1. The van der Waals surface area contributed by atoms with Crippen molar-refractivity contribution in [1.82, 2.24) is 19.7 Å². The molecule has 1 amide bonds. The predicted octanol–water partition coefficient (Wildman–Crippen LogP) is 1.12. The molecule has 0 aliphatic carbocycles. The third-order valence-corrected chi connectivity index (χ3v) is 6.14. The predicted molar refractivity (Wildman–Crippen MR) is 95.4 cm³/mol. The summed E-state index contributed by atoms with van der Waals surface area (Å²) in [6.45, 7) is 11.7. The monoisotopic (exact) mass is 388 g/mol. The number of sulfonamides is 1. The number of carbonyl (C=O) groups is 1. The Morgan fingerprint density at radius 2 is 1.85 bits per heavy atom. The van der Waals surface area contributed by atoms with Gasteiger partial charge in [0.2, 0.25) is 10.0 Å². The summed E-state index contributed by atoms with van der Waals surface area (Å²) in [5.74, 6) is 0.312. The van der Waals surface area contributed by atoms with Crippen LogP contribution in [-0.2, 0) is 14.8 Å². The molecule has 2 heterocycles. The summed E-state index contributed by atoms with van der Waals surface area (Å²) in [7, 11) is -3.60. The van der Waals surface area contributed by atoms with Gasteiger partial charge in [-0.3, -0.25) is 4.90 Å². The van der Waals surface area contributed by atoms with Crippen LogP contribution in [0.15, 0.2) is 9.42 Å². The van der Waals surface area contributed by atoms with Gasteiger partial charge in [-0.25, -0.2) is 13.2 Å². The van der Waals surface area contributed by atoms with Gasteiger partial charge in [0, 0.05) is 39.3 Å². The third-order valence-electron chi connectivity index (χ3n) is 3.99. The van der Waals surface area contributed by atoms with Crippen LogP contribution < -0.4 is 5.32 Å². The van der Waals surface area contributed by atoms with E-state index < -0.39 is 21.7 Å². The molecule has 0 saturated carbocycles. The van der Waals surface area contributed by atoms with Gasteiger partial charge >= 0.3 is 6.09 Å². The number of hydrogen-bond acceptors (Lipinski definition) is 7. The lowest BCUT2D eigenvalue weighted by atomic mass is 10.2. The Labute approximate surface area is 154 Å². The van der Waals surface area contributed by atoms with E-state index in [-0.39, 0.29) is 4.90 Å². The molecule has 2 rings (SSSR count). The molecule has 1 saturated heterocycles. The van der Waals surface area contributed by atoms with E-state index in [1.165, 1.54) is 4.31 Å². The van der Waals surface area contributed by atoms with E-state index >= 15 is 0 Å². The number of aromatic nitrogens is 1. The molecule has 9 nitrogen and oxygen atoms in total. The van der Waals surface area contributed by atoms with Crippen molar-refractivity contribution >= 4 is 16.1 Å². The minimum Gasteiger partial charge on any atom is -0.444 e. The number of ether oxygens (including phenoxy) is 1. The number of nitrogens with one attached hydrogen (secondary N) is 1. The molecule has 1 N–H and O–H groups in total. The van der Waals surface area contributed by atoms with E-state index in [1.807, 2.05) is 20.8 Å². The molecule has 1 fully saturated rings. The molecule has 0 spiro atoms. The van der Waals surface area contributed by atoms with Crippen LogP contribution in [0.3, 0.4) is 0 Å². The Bertz CT molecular complexity index is 711. The zero-order chi connectivity index (χ0) is 19.5. The summed E-state index contributed by atoms with van der Waals surface area (Å²) >= 11 is 0. The molecule has 1 aromatic rings. The van der Waals surface area contributed by atoms with Crippen molar-refractivity contribution in [3.63, 3.8) is 0 Å². The van der Waals surface area contributed by atoms with Crippen LogP contribution in [0.5, 0.6) is 0 Å². The highest BCUT2D eigenvalue weighted by Crippen LogP contribution is 2.24. The molecule has 0 bridgehead atoms. The van der Waals surface area contributed by atoms with Gasteiger partial charge in [0.15, 0.2) is 5.76 Å². The highest BCUT2D eigenvalue weighted by Gasteiger charge is 2.33. The molecule has 10 heteroatoms. The first-order valence-electron chi connectivity index (χ1n) is 8.63. The van der Waals surface area contributed by atoms with E-state index in [0.29, 0.717) is 50.7 Å². The van der Waals surface area contributed by atoms with Crippen LogP contribution in [-0.4, -0.2) is 73.7 Å². The fourth-order valence-electron chi connectivity index (χ4n) is 2.80. The fourth-order valence-corrected chi connectivity index (χ4v) is 4.51. The van der Waals surface area contributed by atoms with Gasteiger partial charge in [0.25, 0.3) is 0 Å². The minimum absolute atomic E-state index is 0.164. The molecule has 1 aromatic heterocycles. The van der Waals surface area contributed by atoms with Crippen molar-refractivity contribution in [2.45, 2.75) is 45.1 Å². The second-order valence-electron chi connectivity index (χ2n) is 7.33. The maximum Gasteiger partial charge on any atom is 0.407 e. The summed E-state index contributed by atoms with van der Waals surface area (Å²) in [4.78, 5) is 13.9. The van der Waals surface area contributed by atoms with Gasteiger partial charge in [-0.2, -0.15) is 4.31 Å². The van der Waals surface area contributed by atoms with Crippen molar-refractivity contribution in [1.29, 1.82) is 0 Å². The van der Waals surface area contributed by atoms with Crippen LogP contribution in [0.4, 0.5) is 4.79 Å². The Kier molecular flexibility index (Phi) is 6.30. The standard InChI is InChI=1S/C16H28N4O5S/c1-12-14(13(2)25-18-12)26(22,23)20-10-8-19(9-11-20)7-6-17-15(21)24-16(3,4)5/h6-11H2,1-5H3,(H,17,21). The number of piperazine rings is 1. The summed E-state index contributed by atoms with van der Waals surface area (Å²) in [6, 6.07) is 0. The van der Waals surface area contributed by atoms with Crippen molar-refractivity contribution in [3.05, 3.63) is 11.5 Å². The maximum atomic E-state index is 12.8. The molecule has 1 aliphatic rings. The van der Waals surface area contributed by atoms with Gasteiger partial charge in [-0.1, -0.05) is 5.16 Å². The van der Waals surface area contributed by atoms with Crippen LogP contribution in [0, 0.1) is 13.8 Å². The van der Waals surface area contributed by atoms with E-state index in [2.05, 4.69) is 15.4 Å². The smallest absolute Gasteiger partial charge is 0.407 e. The molecule has 0 atom stereocenters. The number of nitrogens with zero attached hydrogens (tertiary/aromatic N) is 3. The first kappa shape index (κ1) is 20.7. The van der Waals surface area contributed by atoms with Crippen molar-refractivity contribution in [2.24, 2.45) is 0 Å². The SMILES string of the molecule is Cc1noc(C)c1S(=O)(=O)N1CCN(CCNC(=O)OC(C)(C)C)CC1. The average Bonchev–Trinajstić information content (AvgIpc) is 2.85. The topological polar surface area (TPSA) is 105 Å². The first-order chi connectivity index (χ1) is 12.0. The third kappa shape index (κ3) is 5.18. The normalized spacial score (nSPS) is 17.3. The zero-order valence-electron chi connectivity index (χ0n) is 16.0. The Morgan fingerprint density at radius 1 is 1.23 bits per heavy atom. The van der Waals surface area contributed by atoms with Gasteiger partial charge in [0.1, 0.15) is 16.2 Å². The molecule has 1 aliphatic heterocycles. The molecule has 0 unspecified atom stereocenters. The van der Waals surface area contributed by atoms with Crippen LogP contribution in [0.2, 0.25) is 0 Å². The molecular weight excluding hydrogens is 360 g/mol.